The van der Waals surface area contributed by atoms with Crippen molar-refractivity contribution in [3.8, 4) is 0 Å². The van der Waals surface area contributed by atoms with Crippen LogP contribution >= 0.6 is 27.7 Å². The third-order valence-electron chi connectivity index (χ3n) is 3.49. The molecule has 0 aromatic heterocycles. The Morgan fingerprint density at radius 1 is 1.26 bits per heavy atom. The molecule has 2 atom stereocenters. The fourth-order valence-corrected chi connectivity index (χ4v) is 4.16. The van der Waals surface area contributed by atoms with Gasteiger partial charge in [-0.15, -0.1) is 11.8 Å². The van der Waals surface area contributed by atoms with Crippen LogP contribution in [0, 0.1) is 5.82 Å². The minimum absolute atomic E-state index is 0.171. The summed E-state index contributed by atoms with van der Waals surface area (Å²) in [6, 6.07) is 12.9. The summed E-state index contributed by atoms with van der Waals surface area (Å²) in [5.74, 6) is 0.849. The Morgan fingerprint density at radius 3 is 2.89 bits per heavy atom. The molecule has 0 spiro atoms. The van der Waals surface area contributed by atoms with E-state index in [1.807, 2.05) is 12.1 Å². The van der Waals surface area contributed by atoms with Crippen LogP contribution in [0.3, 0.4) is 0 Å². The van der Waals surface area contributed by atoms with Gasteiger partial charge in [-0.1, -0.05) is 34.1 Å². The molecular formula is C15H13BrFNS. The number of nitrogens with two attached hydrogens (primary N) is 1. The van der Waals surface area contributed by atoms with Crippen molar-refractivity contribution in [3.05, 3.63) is 63.9 Å². The fourth-order valence-electron chi connectivity index (χ4n) is 2.47. The van der Waals surface area contributed by atoms with E-state index in [-0.39, 0.29) is 17.8 Å². The second-order valence-corrected chi connectivity index (χ2v) is 6.62. The van der Waals surface area contributed by atoms with Gasteiger partial charge < -0.3 is 5.73 Å². The maximum Gasteiger partial charge on any atom is 0.128 e. The molecule has 19 heavy (non-hydrogen) atoms. The van der Waals surface area contributed by atoms with Crippen molar-refractivity contribution in [1.29, 1.82) is 0 Å². The van der Waals surface area contributed by atoms with Crippen LogP contribution in [0.25, 0.3) is 0 Å². The van der Waals surface area contributed by atoms with Crippen LogP contribution in [-0.4, -0.2) is 5.75 Å². The number of halogens is 2. The number of benzene rings is 2. The summed E-state index contributed by atoms with van der Waals surface area (Å²) in [6.45, 7) is 0. The third kappa shape index (κ3) is 2.45. The number of hydrogen-bond acceptors (Lipinski definition) is 2. The molecule has 2 aromatic rings. The molecule has 0 amide bonds. The second kappa shape index (κ2) is 5.27. The maximum absolute atomic E-state index is 13.9. The minimum Gasteiger partial charge on any atom is -0.323 e. The van der Waals surface area contributed by atoms with Crippen molar-refractivity contribution >= 4 is 27.7 Å². The molecule has 0 bridgehead atoms. The standard InChI is InChI=1S/C15H13BrFNS/c16-9-5-6-13(17)11(7-9)15(18)12-8-19-14-4-2-1-3-10(12)14/h1-7,12,15H,8,18H2. The molecule has 1 heterocycles. The van der Waals surface area contributed by atoms with Crippen molar-refractivity contribution in [2.45, 2.75) is 16.9 Å². The van der Waals surface area contributed by atoms with E-state index in [0.717, 1.165) is 10.2 Å². The van der Waals surface area contributed by atoms with Crippen LogP contribution in [-0.2, 0) is 0 Å². The first-order chi connectivity index (χ1) is 9.16. The van der Waals surface area contributed by atoms with Crippen LogP contribution in [0.15, 0.2) is 51.8 Å². The molecule has 2 N–H and O–H groups in total. The first-order valence-corrected chi connectivity index (χ1v) is 7.87. The van der Waals surface area contributed by atoms with Gasteiger partial charge in [0.05, 0.1) is 0 Å². The zero-order chi connectivity index (χ0) is 13.4. The molecule has 0 saturated heterocycles. The minimum atomic E-state index is -0.311. The summed E-state index contributed by atoms with van der Waals surface area (Å²) in [7, 11) is 0. The molecule has 1 aliphatic rings. The smallest absolute Gasteiger partial charge is 0.128 e. The lowest BCUT2D eigenvalue weighted by molar-refractivity contribution is 0.544. The van der Waals surface area contributed by atoms with E-state index in [1.165, 1.54) is 16.5 Å². The normalized spacial score (nSPS) is 19.2. The average Bonchev–Trinajstić information content (AvgIpc) is 2.84. The van der Waals surface area contributed by atoms with Gasteiger partial charge in [-0.05, 0) is 29.8 Å². The van der Waals surface area contributed by atoms with E-state index in [1.54, 1.807) is 23.9 Å². The van der Waals surface area contributed by atoms with Gasteiger partial charge >= 0.3 is 0 Å². The molecule has 0 fully saturated rings. The van der Waals surface area contributed by atoms with Crippen LogP contribution in [0.2, 0.25) is 0 Å². The average molecular weight is 338 g/mol. The van der Waals surface area contributed by atoms with Crippen molar-refractivity contribution in [3.63, 3.8) is 0 Å². The molecule has 1 nitrogen and oxygen atoms in total. The summed E-state index contributed by atoms with van der Waals surface area (Å²) in [6.07, 6.45) is 0. The van der Waals surface area contributed by atoms with Gasteiger partial charge in [0.15, 0.2) is 0 Å². The van der Waals surface area contributed by atoms with Crippen LogP contribution in [0.5, 0.6) is 0 Å². The Labute approximate surface area is 124 Å². The summed E-state index contributed by atoms with van der Waals surface area (Å²) in [4.78, 5) is 1.26. The Kier molecular flexibility index (Phi) is 3.65. The van der Waals surface area contributed by atoms with E-state index in [2.05, 4.69) is 28.1 Å². The summed E-state index contributed by atoms with van der Waals surface area (Å²) in [5.41, 5.74) is 8.13. The van der Waals surface area contributed by atoms with Crippen molar-refractivity contribution in [1.82, 2.24) is 0 Å². The number of fused-ring (bicyclic) bond motifs is 1. The Bertz CT molecular complexity index is 617. The largest absolute Gasteiger partial charge is 0.323 e. The highest BCUT2D eigenvalue weighted by Crippen LogP contribution is 2.45. The molecule has 1 aliphatic heterocycles. The van der Waals surface area contributed by atoms with Crippen LogP contribution < -0.4 is 5.73 Å². The summed E-state index contributed by atoms with van der Waals surface area (Å²) >= 11 is 5.17. The Hall–Kier alpha value is -0.840. The van der Waals surface area contributed by atoms with Crippen LogP contribution in [0.1, 0.15) is 23.1 Å². The molecule has 98 valence electrons. The third-order valence-corrected chi connectivity index (χ3v) is 5.19. The van der Waals surface area contributed by atoms with E-state index in [0.29, 0.717) is 5.56 Å². The van der Waals surface area contributed by atoms with Crippen LogP contribution in [0.4, 0.5) is 4.39 Å². The number of hydrogen-bond donors (Lipinski definition) is 1. The zero-order valence-corrected chi connectivity index (χ0v) is 12.5. The molecular weight excluding hydrogens is 325 g/mol. The van der Waals surface area contributed by atoms with Gasteiger partial charge in [0, 0.05) is 32.6 Å². The van der Waals surface area contributed by atoms with Crippen molar-refractivity contribution in [2.24, 2.45) is 5.73 Å². The van der Waals surface area contributed by atoms with Gasteiger partial charge in [0.25, 0.3) is 0 Å². The van der Waals surface area contributed by atoms with E-state index < -0.39 is 0 Å². The maximum atomic E-state index is 13.9. The summed E-state index contributed by atoms with van der Waals surface area (Å²) in [5, 5.41) is 0. The van der Waals surface area contributed by atoms with Gasteiger partial charge in [-0.25, -0.2) is 4.39 Å². The predicted molar refractivity (Wildman–Crippen MR) is 80.9 cm³/mol. The number of thioether (sulfide) groups is 1. The molecule has 0 saturated carbocycles. The van der Waals surface area contributed by atoms with Gasteiger partial charge in [-0.3, -0.25) is 0 Å². The van der Waals surface area contributed by atoms with Gasteiger partial charge in [0.1, 0.15) is 5.82 Å². The lowest BCUT2D eigenvalue weighted by Crippen LogP contribution is -2.21. The molecule has 2 aromatic carbocycles. The molecule has 3 rings (SSSR count). The highest BCUT2D eigenvalue weighted by Gasteiger charge is 2.30. The number of rotatable bonds is 2. The van der Waals surface area contributed by atoms with Gasteiger partial charge in [-0.2, -0.15) is 0 Å². The molecule has 0 aliphatic carbocycles. The molecule has 0 radical (unpaired) electrons. The Morgan fingerprint density at radius 2 is 2.05 bits per heavy atom. The van der Waals surface area contributed by atoms with E-state index in [9.17, 15) is 4.39 Å². The second-order valence-electron chi connectivity index (χ2n) is 4.65. The Balaban J connectivity index is 1.97. The van der Waals surface area contributed by atoms with Crippen molar-refractivity contribution in [2.75, 3.05) is 5.75 Å². The first kappa shape index (κ1) is 13.2. The highest BCUT2D eigenvalue weighted by atomic mass is 79.9. The highest BCUT2D eigenvalue weighted by molar-refractivity contribution is 9.10. The van der Waals surface area contributed by atoms with E-state index in [4.69, 9.17) is 5.73 Å². The first-order valence-electron chi connectivity index (χ1n) is 6.09. The lowest BCUT2D eigenvalue weighted by atomic mass is 9.89. The molecule has 4 heteroatoms. The van der Waals surface area contributed by atoms with Crippen molar-refractivity contribution < 1.29 is 4.39 Å². The zero-order valence-electron chi connectivity index (χ0n) is 10.1. The topological polar surface area (TPSA) is 26.0 Å². The summed E-state index contributed by atoms with van der Waals surface area (Å²) < 4.78 is 14.8. The molecule has 2 unspecified atom stereocenters. The van der Waals surface area contributed by atoms with E-state index >= 15 is 0 Å². The fraction of sp³-hybridized carbons (Fsp3) is 0.200. The predicted octanol–water partition coefficient (Wildman–Crippen LogP) is 4.48. The lowest BCUT2D eigenvalue weighted by Gasteiger charge is -2.21. The van der Waals surface area contributed by atoms with Gasteiger partial charge in [0.2, 0.25) is 0 Å². The SMILES string of the molecule is NC(c1cc(Br)ccc1F)C1CSc2ccccc21. The monoisotopic (exact) mass is 337 g/mol. The quantitative estimate of drug-likeness (QED) is 0.874.